The van der Waals surface area contributed by atoms with Crippen molar-refractivity contribution >= 4 is 21.7 Å². The summed E-state index contributed by atoms with van der Waals surface area (Å²) in [6.07, 6.45) is 8.95. The van der Waals surface area contributed by atoms with Gasteiger partial charge in [0.2, 0.25) is 0 Å². The summed E-state index contributed by atoms with van der Waals surface area (Å²) in [6, 6.07) is 7.89. The number of halogens is 1. The summed E-state index contributed by atoms with van der Waals surface area (Å²) in [4.78, 5) is 3.99. The van der Waals surface area contributed by atoms with Gasteiger partial charge in [-0.15, -0.1) is 0 Å². The lowest BCUT2D eigenvalue weighted by Gasteiger charge is -2.31. The van der Waals surface area contributed by atoms with Gasteiger partial charge in [-0.05, 0) is 46.3 Å². The van der Waals surface area contributed by atoms with Crippen LogP contribution in [0.2, 0.25) is 0 Å². The number of benzene rings is 1. The van der Waals surface area contributed by atoms with Crippen LogP contribution in [0.1, 0.15) is 61.1 Å². The van der Waals surface area contributed by atoms with Crippen LogP contribution < -0.4 is 5.32 Å². The first-order valence-corrected chi connectivity index (χ1v) is 10.1. The zero-order valence-corrected chi connectivity index (χ0v) is 16.5. The predicted octanol–water partition coefficient (Wildman–Crippen LogP) is 5.70. The van der Waals surface area contributed by atoms with Crippen molar-refractivity contribution in [3.8, 4) is 6.07 Å². The summed E-state index contributed by atoms with van der Waals surface area (Å²) in [7, 11) is 0. The third kappa shape index (κ3) is 3.15. The molecule has 1 atom stereocenters. The summed E-state index contributed by atoms with van der Waals surface area (Å²) in [6.45, 7) is 7.96. The van der Waals surface area contributed by atoms with Crippen LogP contribution in [-0.4, -0.2) is 10.2 Å². The maximum absolute atomic E-state index is 9.42. The third-order valence-electron chi connectivity index (χ3n) is 5.63. The topological polar surface area (TPSA) is 68.9 Å². The van der Waals surface area contributed by atoms with Crippen molar-refractivity contribution in [1.29, 1.82) is 5.26 Å². The van der Waals surface area contributed by atoms with Gasteiger partial charge in [-0.1, -0.05) is 37.8 Å². The molecule has 0 saturated heterocycles. The van der Waals surface area contributed by atoms with Crippen molar-refractivity contribution in [3.63, 3.8) is 0 Å². The van der Waals surface area contributed by atoms with Crippen LogP contribution in [0.3, 0.4) is 0 Å². The van der Waals surface area contributed by atoms with Gasteiger partial charge in [0.1, 0.15) is 11.9 Å². The molecule has 0 bridgehead atoms. The molecule has 1 saturated carbocycles. The first-order valence-electron chi connectivity index (χ1n) is 9.35. The first-order chi connectivity index (χ1) is 13.2. The van der Waals surface area contributed by atoms with E-state index in [0.717, 1.165) is 45.7 Å². The second-order valence-corrected chi connectivity index (χ2v) is 7.97. The molecular formula is C21H20BrN5. The summed E-state index contributed by atoms with van der Waals surface area (Å²) in [5.41, 5.74) is 4.23. The van der Waals surface area contributed by atoms with Crippen LogP contribution in [-0.2, 0) is 0 Å². The molecule has 0 amide bonds. The highest BCUT2D eigenvalue weighted by Crippen LogP contribution is 2.47. The largest absolute Gasteiger partial charge is 0.354 e. The smallest absolute Gasteiger partial charge is 0.196 e. The van der Waals surface area contributed by atoms with Crippen LogP contribution in [0.4, 0.5) is 5.82 Å². The number of hydrogen-bond donors (Lipinski definition) is 2. The number of hydrogen-bond acceptors (Lipinski definition) is 3. The normalized spacial score (nSPS) is 20.2. The minimum absolute atomic E-state index is 0.224. The Morgan fingerprint density at radius 2 is 1.96 bits per heavy atom. The van der Waals surface area contributed by atoms with Gasteiger partial charge in [0, 0.05) is 15.7 Å². The first kappa shape index (κ1) is 17.8. The van der Waals surface area contributed by atoms with Crippen molar-refractivity contribution in [2.75, 3.05) is 5.32 Å². The molecule has 0 spiro atoms. The van der Waals surface area contributed by atoms with Gasteiger partial charge in [0.15, 0.2) is 5.70 Å². The number of nitriles is 1. The highest BCUT2D eigenvalue weighted by molar-refractivity contribution is 9.10. The number of fused-ring (bicyclic) bond motifs is 1. The molecule has 1 unspecified atom stereocenters. The lowest BCUT2D eigenvalue weighted by atomic mass is 9.82. The van der Waals surface area contributed by atoms with E-state index >= 15 is 0 Å². The van der Waals surface area contributed by atoms with E-state index in [9.17, 15) is 5.26 Å². The third-order valence-corrected chi connectivity index (χ3v) is 6.52. The van der Waals surface area contributed by atoms with Gasteiger partial charge in [-0.3, -0.25) is 5.10 Å². The second-order valence-electron chi connectivity index (χ2n) is 7.18. The average molecular weight is 422 g/mol. The summed E-state index contributed by atoms with van der Waals surface area (Å²) in [5, 5.41) is 20.2. The van der Waals surface area contributed by atoms with Gasteiger partial charge in [-0.2, -0.15) is 10.4 Å². The fourth-order valence-corrected chi connectivity index (χ4v) is 4.88. The molecule has 1 aromatic heterocycles. The Morgan fingerprint density at radius 3 is 2.67 bits per heavy atom. The Morgan fingerprint density at radius 1 is 1.19 bits per heavy atom. The number of H-pyrrole nitrogens is 1. The number of anilines is 1. The van der Waals surface area contributed by atoms with Crippen LogP contribution in [0.15, 0.2) is 40.3 Å². The number of nitrogens with zero attached hydrogens (tertiary/aromatic N) is 3. The molecule has 5 nitrogen and oxygen atoms in total. The van der Waals surface area contributed by atoms with Crippen molar-refractivity contribution in [2.24, 2.45) is 5.92 Å². The van der Waals surface area contributed by atoms with E-state index < -0.39 is 0 Å². The monoisotopic (exact) mass is 421 g/mol. The van der Waals surface area contributed by atoms with Crippen LogP contribution >= 0.6 is 15.9 Å². The maximum atomic E-state index is 9.42. The van der Waals surface area contributed by atoms with E-state index in [1.165, 1.54) is 25.7 Å². The Kier molecular flexibility index (Phi) is 5.01. The predicted molar refractivity (Wildman–Crippen MR) is 108 cm³/mol. The molecule has 1 aromatic carbocycles. The fourth-order valence-electron chi connectivity index (χ4n) is 4.29. The fraction of sp³-hybridized carbons (Fsp3) is 0.381. The standard InChI is InChI=1S/C21H20BrN5/c1-24-20-17(15-10-6-9-14(11-23)18(15)22)16-12-25-27-21(16)26-19(20)13-7-4-2-3-5-8-13/h6,9-10,12-13,17H,2-5,7-8H2,(H2,25,26,27). The summed E-state index contributed by atoms with van der Waals surface area (Å²) >= 11 is 3.60. The van der Waals surface area contributed by atoms with Crippen molar-refractivity contribution < 1.29 is 0 Å². The molecule has 2 heterocycles. The summed E-state index contributed by atoms with van der Waals surface area (Å²) in [5.74, 6) is 1.01. The zero-order chi connectivity index (χ0) is 18.8. The number of rotatable bonds is 2. The number of nitrogens with one attached hydrogen (secondary N) is 2. The Balaban J connectivity index is 1.88. The highest BCUT2D eigenvalue weighted by Gasteiger charge is 2.35. The van der Waals surface area contributed by atoms with Gasteiger partial charge < -0.3 is 5.32 Å². The molecule has 2 N–H and O–H groups in total. The quantitative estimate of drug-likeness (QED) is 0.482. The van der Waals surface area contributed by atoms with E-state index in [2.05, 4.69) is 42.4 Å². The molecule has 6 heteroatoms. The number of allylic oxidation sites excluding steroid dienone is 2. The van der Waals surface area contributed by atoms with E-state index in [1.54, 1.807) is 12.3 Å². The molecule has 4 rings (SSSR count). The van der Waals surface area contributed by atoms with E-state index in [1.807, 2.05) is 12.1 Å². The highest BCUT2D eigenvalue weighted by atomic mass is 79.9. The zero-order valence-electron chi connectivity index (χ0n) is 14.9. The SMILES string of the molecule is [C-]#[N+]C1=C(C2CCCCCC2)Nc2[nH]ncc2C1c1cccc(C#N)c1Br. The van der Waals surface area contributed by atoms with Crippen LogP contribution in [0.5, 0.6) is 0 Å². The molecule has 2 aromatic rings. The lowest BCUT2D eigenvalue weighted by Crippen LogP contribution is -2.22. The molecule has 2 aliphatic rings. The molecule has 1 aliphatic carbocycles. The Bertz CT molecular complexity index is 967. The maximum Gasteiger partial charge on any atom is 0.196 e. The van der Waals surface area contributed by atoms with Crippen LogP contribution in [0, 0.1) is 23.8 Å². The van der Waals surface area contributed by atoms with Crippen LogP contribution in [0.25, 0.3) is 4.85 Å². The van der Waals surface area contributed by atoms with Gasteiger partial charge in [0.25, 0.3) is 0 Å². The average Bonchev–Trinajstić information content (AvgIpc) is 2.99. The van der Waals surface area contributed by atoms with E-state index in [4.69, 9.17) is 6.57 Å². The number of aromatic nitrogens is 2. The Labute approximate surface area is 167 Å². The number of aromatic amines is 1. The molecule has 27 heavy (non-hydrogen) atoms. The van der Waals surface area contributed by atoms with E-state index in [0.29, 0.717) is 11.5 Å². The van der Waals surface area contributed by atoms with Crippen molar-refractivity contribution in [3.05, 3.63) is 68.4 Å². The van der Waals surface area contributed by atoms with Crippen molar-refractivity contribution in [1.82, 2.24) is 10.2 Å². The minimum atomic E-state index is -0.224. The minimum Gasteiger partial charge on any atom is -0.354 e. The molecule has 1 aliphatic heterocycles. The lowest BCUT2D eigenvalue weighted by molar-refractivity contribution is 0.524. The Hall–Kier alpha value is -2.57. The molecular weight excluding hydrogens is 402 g/mol. The second kappa shape index (κ2) is 7.58. The van der Waals surface area contributed by atoms with Crippen molar-refractivity contribution in [2.45, 2.75) is 44.4 Å². The molecule has 1 fully saturated rings. The molecule has 0 radical (unpaired) electrons. The van der Waals surface area contributed by atoms with Gasteiger partial charge >= 0.3 is 0 Å². The van der Waals surface area contributed by atoms with Gasteiger partial charge in [0.05, 0.1) is 24.3 Å². The van der Waals surface area contributed by atoms with E-state index in [-0.39, 0.29) is 5.92 Å². The molecule has 136 valence electrons. The summed E-state index contributed by atoms with van der Waals surface area (Å²) < 4.78 is 0.757. The van der Waals surface area contributed by atoms with Gasteiger partial charge in [-0.25, -0.2) is 4.85 Å².